The Balaban J connectivity index is 2.62. The van der Waals surface area contributed by atoms with Crippen LogP contribution in [0.4, 0.5) is 0 Å². The SMILES string of the molecule is CCC=C(CC)Sc1ccccc1. The number of thioether (sulfide) groups is 1. The number of hydrogen-bond donors (Lipinski definition) is 0. The minimum atomic E-state index is 1.13. The first-order chi connectivity index (χ1) is 6.36. The minimum absolute atomic E-state index is 1.13. The van der Waals surface area contributed by atoms with Crippen molar-refractivity contribution in [3.8, 4) is 0 Å². The maximum Gasteiger partial charge on any atom is 0.0118 e. The molecule has 0 aromatic heterocycles. The molecular formula is C12H16S. The lowest BCUT2D eigenvalue weighted by Crippen LogP contribution is -1.75. The van der Waals surface area contributed by atoms with E-state index in [2.05, 4.69) is 50.3 Å². The number of rotatable bonds is 4. The number of hydrogen-bond acceptors (Lipinski definition) is 1. The molecule has 0 spiro atoms. The zero-order chi connectivity index (χ0) is 9.52. The maximum absolute atomic E-state index is 2.30. The van der Waals surface area contributed by atoms with Crippen LogP contribution >= 0.6 is 11.8 Å². The highest BCUT2D eigenvalue weighted by Crippen LogP contribution is 2.28. The molecule has 1 aromatic rings. The van der Waals surface area contributed by atoms with Gasteiger partial charge in [-0.05, 0) is 29.9 Å². The van der Waals surface area contributed by atoms with E-state index >= 15 is 0 Å². The van der Waals surface area contributed by atoms with Gasteiger partial charge in [0.1, 0.15) is 0 Å². The Bertz CT molecular complexity index is 262. The first-order valence-electron chi connectivity index (χ1n) is 4.78. The van der Waals surface area contributed by atoms with E-state index in [1.54, 1.807) is 0 Å². The topological polar surface area (TPSA) is 0 Å². The van der Waals surface area contributed by atoms with E-state index in [1.807, 2.05) is 11.8 Å². The molecule has 0 saturated carbocycles. The molecule has 0 fully saturated rings. The molecule has 0 saturated heterocycles. The largest absolute Gasteiger partial charge is 0.0949 e. The second-order valence-electron chi connectivity index (χ2n) is 2.85. The highest BCUT2D eigenvalue weighted by atomic mass is 32.2. The molecule has 0 bridgehead atoms. The van der Waals surface area contributed by atoms with Gasteiger partial charge >= 0.3 is 0 Å². The van der Waals surface area contributed by atoms with Gasteiger partial charge < -0.3 is 0 Å². The van der Waals surface area contributed by atoms with E-state index in [-0.39, 0.29) is 0 Å². The van der Waals surface area contributed by atoms with Crippen molar-refractivity contribution in [2.24, 2.45) is 0 Å². The van der Waals surface area contributed by atoms with Gasteiger partial charge in [-0.1, -0.05) is 49.9 Å². The van der Waals surface area contributed by atoms with E-state index < -0.39 is 0 Å². The van der Waals surface area contributed by atoms with Crippen molar-refractivity contribution in [3.63, 3.8) is 0 Å². The second-order valence-corrected chi connectivity index (χ2v) is 4.05. The quantitative estimate of drug-likeness (QED) is 0.634. The van der Waals surface area contributed by atoms with Crippen LogP contribution in [0.2, 0.25) is 0 Å². The summed E-state index contributed by atoms with van der Waals surface area (Å²) < 4.78 is 0. The summed E-state index contributed by atoms with van der Waals surface area (Å²) in [4.78, 5) is 2.80. The monoisotopic (exact) mass is 192 g/mol. The Labute approximate surface area is 85.1 Å². The van der Waals surface area contributed by atoms with Crippen molar-refractivity contribution in [3.05, 3.63) is 41.3 Å². The molecule has 1 aromatic carbocycles. The predicted molar refractivity (Wildman–Crippen MR) is 61.0 cm³/mol. The Kier molecular flexibility index (Phi) is 4.69. The average molecular weight is 192 g/mol. The van der Waals surface area contributed by atoms with Gasteiger partial charge in [0.15, 0.2) is 0 Å². The van der Waals surface area contributed by atoms with Crippen molar-refractivity contribution in [2.45, 2.75) is 31.6 Å². The second kappa shape index (κ2) is 5.87. The van der Waals surface area contributed by atoms with Crippen LogP contribution in [0.3, 0.4) is 0 Å². The molecule has 0 aliphatic rings. The minimum Gasteiger partial charge on any atom is -0.0949 e. The Morgan fingerprint density at radius 1 is 1.23 bits per heavy atom. The summed E-state index contributed by atoms with van der Waals surface area (Å²) in [5.41, 5.74) is 0. The summed E-state index contributed by atoms with van der Waals surface area (Å²) in [7, 11) is 0. The Hall–Kier alpha value is -0.690. The van der Waals surface area contributed by atoms with Crippen LogP contribution < -0.4 is 0 Å². The molecule has 0 aliphatic heterocycles. The van der Waals surface area contributed by atoms with Crippen molar-refractivity contribution >= 4 is 11.8 Å². The van der Waals surface area contributed by atoms with Gasteiger partial charge in [0.25, 0.3) is 0 Å². The molecule has 0 unspecified atom stereocenters. The number of allylic oxidation sites excluding steroid dienone is 2. The molecule has 0 N–H and O–H groups in total. The summed E-state index contributed by atoms with van der Waals surface area (Å²) in [6.45, 7) is 4.39. The normalized spacial score (nSPS) is 11.7. The summed E-state index contributed by atoms with van der Waals surface area (Å²) >= 11 is 1.87. The van der Waals surface area contributed by atoms with Crippen LogP contribution in [0.15, 0.2) is 46.2 Å². The van der Waals surface area contributed by atoms with Crippen LogP contribution in [0.5, 0.6) is 0 Å². The highest BCUT2D eigenvalue weighted by molar-refractivity contribution is 8.03. The van der Waals surface area contributed by atoms with E-state index in [9.17, 15) is 0 Å². The van der Waals surface area contributed by atoms with Gasteiger partial charge in [0.2, 0.25) is 0 Å². The van der Waals surface area contributed by atoms with Gasteiger partial charge in [0.05, 0.1) is 0 Å². The molecule has 1 rings (SSSR count). The molecule has 0 aliphatic carbocycles. The third-order valence-corrected chi connectivity index (χ3v) is 3.00. The van der Waals surface area contributed by atoms with E-state index in [1.165, 1.54) is 9.80 Å². The molecule has 0 heterocycles. The number of benzene rings is 1. The zero-order valence-electron chi connectivity index (χ0n) is 8.29. The Morgan fingerprint density at radius 2 is 1.92 bits per heavy atom. The molecular weight excluding hydrogens is 176 g/mol. The lowest BCUT2D eigenvalue weighted by atomic mass is 10.3. The standard InChI is InChI=1S/C12H16S/c1-3-8-11(4-2)13-12-9-6-5-7-10-12/h5-10H,3-4H2,1-2H3. The highest BCUT2D eigenvalue weighted by Gasteiger charge is 1.96. The fraction of sp³-hybridized carbons (Fsp3) is 0.333. The van der Waals surface area contributed by atoms with Crippen molar-refractivity contribution in [1.82, 2.24) is 0 Å². The summed E-state index contributed by atoms with van der Waals surface area (Å²) in [5.74, 6) is 0. The van der Waals surface area contributed by atoms with Crippen LogP contribution in [0.25, 0.3) is 0 Å². The smallest absolute Gasteiger partial charge is 0.0118 e. The summed E-state index contributed by atoms with van der Waals surface area (Å²) in [6, 6.07) is 10.5. The van der Waals surface area contributed by atoms with Gasteiger partial charge in [-0.2, -0.15) is 0 Å². The molecule has 70 valence electrons. The fourth-order valence-electron chi connectivity index (χ4n) is 1.13. The van der Waals surface area contributed by atoms with E-state index in [0.29, 0.717) is 0 Å². The molecule has 0 atom stereocenters. The first-order valence-corrected chi connectivity index (χ1v) is 5.60. The third-order valence-electron chi connectivity index (χ3n) is 1.77. The van der Waals surface area contributed by atoms with Crippen LogP contribution in [0.1, 0.15) is 26.7 Å². The zero-order valence-corrected chi connectivity index (χ0v) is 9.10. The third kappa shape index (κ3) is 3.69. The Morgan fingerprint density at radius 3 is 2.46 bits per heavy atom. The summed E-state index contributed by atoms with van der Waals surface area (Å²) in [5, 5.41) is 0. The molecule has 0 radical (unpaired) electrons. The van der Waals surface area contributed by atoms with E-state index in [0.717, 1.165) is 12.8 Å². The average Bonchev–Trinajstić information content (AvgIpc) is 2.19. The van der Waals surface area contributed by atoms with Gasteiger partial charge in [-0.25, -0.2) is 0 Å². The molecule has 13 heavy (non-hydrogen) atoms. The lowest BCUT2D eigenvalue weighted by Gasteiger charge is -2.03. The molecule has 1 heteroatoms. The van der Waals surface area contributed by atoms with Gasteiger partial charge in [-0.3, -0.25) is 0 Å². The fourth-order valence-corrected chi connectivity index (χ4v) is 2.12. The maximum atomic E-state index is 2.30. The molecule has 0 amide bonds. The van der Waals surface area contributed by atoms with Crippen molar-refractivity contribution in [2.75, 3.05) is 0 Å². The lowest BCUT2D eigenvalue weighted by molar-refractivity contribution is 1.14. The predicted octanol–water partition coefficient (Wildman–Crippen LogP) is 4.48. The first kappa shape index (κ1) is 10.4. The van der Waals surface area contributed by atoms with Gasteiger partial charge in [0, 0.05) is 4.90 Å². The van der Waals surface area contributed by atoms with Crippen LogP contribution in [-0.2, 0) is 0 Å². The summed E-state index contributed by atoms with van der Waals surface area (Å²) in [6.07, 6.45) is 4.56. The van der Waals surface area contributed by atoms with Crippen LogP contribution in [-0.4, -0.2) is 0 Å². The van der Waals surface area contributed by atoms with E-state index in [4.69, 9.17) is 0 Å². The van der Waals surface area contributed by atoms with Crippen molar-refractivity contribution < 1.29 is 0 Å². The van der Waals surface area contributed by atoms with Crippen molar-refractivity contribution in [1.29, 1.82) is 0 Å². The molecule has 0 nitrogen and oxygen atoms in total. The van der Waals surface area contributed by atoms with Crippen LogP contribution in [0, 0.1) is 0 Å². The van der Waals surface area contributed by atoms with Gasteiger partial charge in [-0.15, -0.1) is 0 Å².